The van der Waals surface area contributed by atoms with E-state index in [-0.39, 0.29) is 18.1 Å². The first-order valence-corrected chi connectivity index (χ1v) is 8.42. The molecular formula is C18H17F3N4O3. The molecule has 7 nitrogen and oxygen atoms in total. The summed E-state index contributed by atoms with van der Waals surface area (Å²) in [5.41, 5.74) is 2.21. The van der Waals surface area contributed by atoms with Crippen LogP contribution in [0.5, 0.6) is 5.88 Å². The van der Waals surface area contributed by atoms with Gasteiger partial charge in [0, 0.05) is 23.7 Å². The average Bonchev–Trinajstić information content (AvgIpc) is 2.95. The molecule has 0 fully saturated rings. The van der Waals surface area contributed by atoms with E-state index in [9.17, 15) is 23.1 Å². The number of aromatic carboxylic acids is 1. The van der Waals surface area contributed by atoms with Crippen LogP contribution in [0.2, 0.25) is 0 Å². The molecule has 0 radical (unpaired) electrons. The Morgan fingerprint density at radius 3 is 2.71 bits per heavy atom. The number of nitrogens with zero attached hydrogens (tertiary/aromatic N) is 4. The Morgan fingerprint density at radius 2 is 2.07 bits per heavy atom. The fourth-order valence-corrected chi connectivity index (χ4v) is 2.99. The van der Waals surface area contributed by atoms with E-state index in [1.807, 2.05) is 6.92 Å². The molecule has 0 aromatic carbocycles. The number of pyridine rings is 2. The molecule has 0 unspecified atom stereocenters. The molecule has 1 N–H and O–H groups in total. The molecule has 0 spiro atoms. The highest BCUT2D eigenvalue weighted by molar-refractivity contribution is 6.01. The van der Waals surface area contributed by atoms with Crippen LogP contribution in [0, 0.1) is 6.92 Å². The van der Waals surface area contributed by atoms with E-state index in [0.29, 0.717) is 34.3 Å². The molecule has 0 aliphatic heterocycles. The molecular weight excluding hydrogens is 377 g/mol. The summed E-state index contributed by atoms with van der Waals surface area (Å²) in [5, 5.41) is 14.3. The quantitative estimate of drug-likeness (QED) is 0.689. The molecule has 0 amide bonds. The van der Waals surface area contributed by atoms with Crippen molar-refractivity contribution in [3.05, 3.63) is 47.0 Å². The molecule has 10 heteroatoms. The standard InChI is InChI=1S/C18H17F3N4O3/c1-3-13-15-12(4-5-22-16(15)17(26)27)24-25(13)8-11-6-10(2)23-14(7-11)28-9-18(19,20)21/h4-7H,3,8-9H2,1-2H3,(H,26,27). The van der Waals surface area contributed by atoms with Crippen LogP contribution in [-0.2, 0) is 13.0 Å². The highest BCUT2D eigenvalue weighted by Gasteiger charge is 2.28. The van der Waals surface area contributed by atoms with Gasteiger partial charge in [-0.25, -0.2) is 14.8 Å². The number of carboxylic acids is 1. The van der Waals surface area contributed by atoms with Crippen LogP contribution in [0.4, 0.5) is 13.2 Å². The van der Waals surface area contributed by atoms with Crippen molar-refractivity contribution < 1.29 is 27.8 Å². The van der Waals surface area contributed by atoms with Crippen molar-refractivity contribution in [1.29, 1.82) is 0 Å². The molecule has 3 rings (SSSR count). The minimum absolute atomic E-state index is 0.0827. The lowest BCUT2D eigenvalue weighted by atomic mass is 10.1. The monoisotopic (exact) mass is 394 g/mol. The van der Waals surface area contributed by atoms with Gasteiger partial charge in [-0.05, 0) is 31.0 Å². The zero-order valence-electron chi connectivity index (χ0n) is 15.1. The van der Waals surface area contributed by atoms with E-state index in [0.717, 1.165) is 0 Å². The lowest BCUT2D eigenvalue weighted by Gasteiger charge is -2.11. The van der Waals surface area contributed by atoms with Crippen LogP contribution in [0.25, 0.3) is 10.9 Å². The molecule has 3 heterocycles. The first kappa shape index (κ1) is 19.6. The molecule has 0 bridgehead atoms. The molecule has 0 saturated carbocycles. The molecule has 0 atom stereocenters. The summed E-state index contributed by atoms with van der Waals surface area (Å²) in [5.74, 6) is -1.28. The lowest BCUT2D eigenvalue weighted by molar-refractivity contribution is -0.154. The highest BCUT2D eigenvalue weighted by Crippen LogP contribution is 2.24. The number of ether oxygens (including phenoxy) is 1. The average molecular weight is 394 g/mol. The van der Waals surface area contributed by atoms with Gasteiger partial charge >= 0.3 is 12.1 Å². The van der Waals surface area contributed by atoms with E-state index >= 15 is 0 Å². The van der Waals surface area contributed by atoms with Crippen molar-refractivity contribution in [2.75, 3.05) is 6.61 Å². The van der Waals surface area contributed by atoms with E-state index in [1.165, 1.54) is 12.3 Å². The van der Waals surface area contributed by atoms with Gasteiger partial charge in [0.2, 0.25) is 5.88 Å². The maximum Gasteiger partial charge on any atom is 0.422 e. The Labute approximate surface area is 157 Å². The summed E-state index contributed by atoms with van der Waals surface area (Å²) in [6, 6.07) is 4.75. The number of halogens is 3. The van der Waals surface area contributed by atoms with Gasteiger partial charge in [-0.1, -0.05) is 6.92 Å². The number of fused-ring (bicyclic) bond motifs is 1. The minimum Gasteiger partial charge on any atom is -0.476 e. The van der Waals surface area contributed by atoms with Crippen LogP contribution >= 0.6 is 0 Å². The van der Waals surface area contributed by atoms with Crippen LogP contribution < -0.4 is 4.74 Å². The van der Waals surface area contributed by atoms with Crippen molar-refractivity contribution in [3.63, 3.8) is 0 Å². The van der Waals surface area contributed by atoms with Crippen molar-refractivity contribution in [1.82, 2.24) is 19.7 Å². The Kier molecular flexibility index (Phi) is 5.21. The molecule has 3 aromatic heterocycles. The van der Waals surface area contributed by atoms with Crippen LogP contribution in [0.1, 0.15) is 34.4 Å². The van der Waals surface area contributed by atoms with Crippen molar-refractivity contribution in [2.45, 2.75) is 33.0 Å². The summed E-state index contributed by atoms with van der Waals surface area (Å²) in [6.45, 7) is 2.31. The summed E-state index contributed by atoms with van der Waals surface area (Å²) >= 11 is 0. The third kappa shape index (κ3) is 4.21. The van der Waals surface area contributed by atoms with E-state index in [4.69, 9.17) is 4.74 Å². The van der Waals surface area contributed by atoms with Gasteiger partial charge in [0.05, 0.1) is 17.4 Å². The Balaban J connectivity index is 1.98. The SMILES string of the molecule is CCc1c2c(C(=O)O)nccc2nn1Cc1cc(C)nc(OCC(F)(F)F)c1. The second-order valence-electron chi connectivity index (χ2n) is 6.18. The fraction of sp³-hybridized carbons (Fsp3) is 0.333. The Hall–Kier alpha value is -3.17. The van der Waals surface area contributed by atoms with Crippen LogP contribution in [0.15, 0.2) is 24.4 Å². The minimum atomic E-state index is -4.46. The van der Waals surface area contributed by atoms with Crippen LogP contribution in [-0.4, -0.2) is 43.6 Å². The highest BCUT2D eigenvalue weighted by atomic mass is 19.4. The number of carbonyl (C=O) groups is 1. The molecule has 0 aliphatic rings. The normalized spacial score (nSPS) is 11.8. The summed E-state index contributed by atoms with van der Waals surface area (Å²) in [4.78, 5) is 19.4. The zero-order valence-corrected chi connectivity index (χ0v) is 15.1. The number of hydrogen-bond donors (Lipinski definition) is 1. The van der Waals surface area contributed by atoms with Gasteiger partial charge in [0.1, 0.15) is 0 Å². The van der Waals surface area contributed by atoms with Crippen molar-refractivity contribution in [3.8, 4) is 5.88 Å². The Bertz CT molecular complexity index is 1030. The molecule has 0 saturated heterocycles. The summed E-state index contributed by atoms with van der Waals surface area (Å²) in [7, 11) is 0. The number of rotatable bonds is 6. The van der Waals surface area contributed by atoms with Crippen LogP contribution in [0.3, 0.4) is 0 Å². The predicted molar refractivity (Wildman–Crippen MR) is 93.5 cm³/mol. The zero-order chi connectivity index (χ0) is 20.5. The van der Waals surface area contributed by atoms with Gasteiger partial charge < -0.3 is 9.84 Å². The first-order valence-electron chi connectivity index (χ1n) is 8.42. The lowest BCUT2D eigenvalue weighted by Crippen LogP contribution is -2.20. The molecule has 0 aliphatic carbocycles. The van der Waals surface area contributed by atoms with Crippen molar-refractivity contribution >= 4 is 16.9 Å². The summed E-state index contributed by atoms with van der Waals surface area (Å²) in [6.07, 6.45) is -2.58. The third-order valence-corrected chi connectivity index (χ3v) is 4.00. The Morgan fingerprint density at radius 1 is 1.32 bits per heavy atom. The van der Waals surface area contributed by atoms with E-state index < -0.39 is 18.8 Å². The fourth-order valence-electron chi connectivity index (χ4n) is 2.99. The first-order chi connectivity index (χ1) is 13.2. The summed E-state index contributed by atoms with van der Waals surface area (Å²) < 4.78 is 43.5. The maximum absolute atomic E-state index is 12.4. The van der Waals surface area contributed by atoms with E-state index in [2.05, 4.69) is 15.1 Å². The topological polar surface area (TPSA) is 90.1 Å². The second-order valence-corrected chi connectivity index (χ2v) is 6.18. The smallest absolute Gasteiger partial charge is 0.422 e. The third-order valence-electron chi connectivity index (χ3n) is 4.00. The van der Waals surface area contributed by atoms with Gasteiger partial charge in [0.15, 0.2) is 12.3 Å². The van der Waals surface area contributed by atoms with Crippen molar-refractivity contribution in [2.24, 2.45) is 0 Å². The largest absolute Gasteiger partial charge is 0.476 e. The number of aromatic nitrogens is 4. The number of aryl methyl sites for hydroxylation is 2. The predicted octanol–water partition coefficient (Wildman–Crippen LogP) is 3.38. The van der Waals surface area contributed by atoms with Gasteiger partial charge in [-0.2, -0.15) is 18.3 Å². The van der Waals surface area contributed by atoms with Gasteiger partial charge in [-0.3, -0.25) is 4.68 Å². The number of carboxylic acid groups (broad SMARTS) is 1. The molecule has 3 aromatic rings. The van der Waals surface area contributed by atoms with E-state index in [1.54, 1.807) is 23.7 Å². The second kappa shape index (κ2) is 7.45. The molecule has 28 heavy (non-hydrogen) atoms. The maximum atomic E-state index is 12.4. The number of hydrogen-bond acceptors (Lipinski definition) is 5. The molecule has 148 valence electrons. The van der Waals surface area contributed by atoms with Gasteiger partial charge in [0.25, 0.3) is 0 Å². The van der Waals surface area contributed by atoms with Gasteiger partial charge in [-0.15, -0.1) is 0 Å². The number of alkyl halides is 3.